The predicted molar refractivity (Wildman–Crippen MR) is 106 cm³/mol. The fraction of sp³-hybridized carbons (Fsp3) is 0.636. The third kappa shape index (κ3) is 5.78. The molecule has 2 aliphatic rings. The molecule has 7 nitrogen and oxygen atoms in total. The van der Waals surface area contributed by atoms with Gasteiger partial charge in [-0.1, -0.05) is 30.3 Å². The lowest BCUT2D eigenvalue weighted by molar-refractivity contribution is -0.158. The molecule has 29 heavy (non-hydrogen) atoms. The van der Waals surface area contributed by atoms with E-state index in [0.717, 1.165) is 5.56 Å². The van der Waals surface area contributed by atoms with E-state index < -0.39 is 6.29 Å². The van der Waals surface area contributed by atoms with Crippen molar-refractivity contribution in [1.82, 2.24) is 4.90 Å². The van der Waals surface area contributed by atoms with Gasteiger partial charge in [-0.05, 0) is 32.3 Å². The van der Waals surface area contributed by atoms with Gasteiger partial charge in [0.25, 0.3) is 0 Å². The highest BCUT2D eigenvalue weighted by molar-refractivity contribution is 5.82. The summed E-state index contributed by atoms with van der Waals surface area (Å²) in [5, 5.41) is 0. The molecule has 0 N–H and O–H groups in total. The molecule has 2 unspecified atom stereocenters. The monoisotopic (exact) mass is 405 g/mol. The molecule has 0 saturated carbocycles. The van der Waals surface area contributed by atoms with E-state index in [9.17, 15) is 9.59 Å². The van der Waals surface area contributed by atoms with Gasteiger partial charge in [0.15, 0.2) is 6.29 Å². The van der Waals surface area contributed by atoms with E-state index in [1.807, 2.05) is 44.2 Å². The minimum Gasteiger partial charge on any atom is -0.445 e. The van der Waals surface area contributed by atoms with Crippen LogP contribution in [0.25, 0.3) is 0 Å². The summed E-state index contributed by atoms with van der Waals surface area (Å²) in [5.41, 5.74) is 0.949. The first-order valence-corrected chi connectivity index (χ1v) is 10.4. The minimum absolute atomic E-state index is 0.115. The summed E-state index contributed by atoms with van der Waals surface area (Å²) in [7, 11) is 0. The van der Waals surface area contributed by atoms with Crippen molar-refractivity contribution in [2.45, 2.75) is 58.1 Å². The summed E-state index contributed by atoms with van der Waals surface area (Å²) in [6, 6.07) is 9.33. The van der Waals surface area contributed by atoms with Crippen molar-refractivity contribution in [3.05, 3.63) is 35.9 Å². The van der Waals surface area contributed by atoms with Crippen LogP contribution < -0.4 is 0 Å². The summed E-state index contributed by atoms with van der Waals surface area (Å²) < 4.78 is 22.2. The zero-order chi connectivity index (χ0) is 20.6. The van der Waals surface area contributed by atoms with E-state index in [1.54, 1.807) is 4.90 Å². The van der Waals surface area contributed by atoms with Gasteiger partial charge in [-0.15, -0.1) is 0 Å². The van der Waals surface area contributed by atoms with Gasteiger partial charge in [-0.2, -0.15) is 0 Å². The maximum Gasteiger partial charge on any atom is 0.410 e. The Labute approximate surface area is 172 Å². The number of ether oxygens (including phenoxy) is 4. The van der Waals surface area contributed by atoms with Gasteiger partial charge in [-0.3, -0.25) is 9.69 Å². The van der Waals surface area contributed by atoms with Crippen LogP contribution in [0.15, 0.2) is 30.3 Å². The summed E-state index contributed by atoms with van der Waals surface area (Å²) in [6.07, 6.45) is 0.578. The Hall–Kier alpha value is -1.96. The van der Waals surface area contributed by atoms with Gasteiger partial charge in [0, 0.05) is 19.1 Å². The molecule has 2 bridgehead atoms. The lowest BCUT2D eigenvalue weighted by Gasteiger charge is -2.47. The van der Waals surface area contributed by atoms with Crippen molar-refractivity contribution in [2.75, 3.05) is 26.4 Å². The first-order chi connectivity index (χ1) is 14.1. The number of hydrogen-bond acceptors (Lipinski definition) is 6. The molecule has 160 valence electrons. The molecular formula is C22H31NO6. The molecule has 0 aromatic heterocycles. The van der Waals surface area contributed by atoms with Crippen LogP contribution in [0.5, 0.6) is 0 Å². The highest BCUT2D eigenvalue weighted by Gasteiger charge is 2.44. The lowest BCUT2D eigenvalue weighted by atomic mass is 9.82. The van der Waals surface area contributed by atoms with Crippen molar-refractivity contribution in [2.24, 2.45) is 5.92 Å². The Balaban J connectivity index is 1.57. The number of ketones is 1. The Morgan fingerprint density at radius 2 is 1.69 bits per heavy atom. The Morgan fingerprint density at radius 3 is 2.28 bits per heavy atom. The van der Waals surface area contributed by atoms with Crippen LogP contribution in [0.1, 0.15) is 38.7 Å². The van der Waals surface area contributed by atoms with Crippen molar-refractivity contribution in [3.63, 3.8) is 0 Å². The van der Waals surface area contributed by atoms with E-state index in [4.69, 9.17) is 18.9 Å². The van der Waals surface area contributed by atoms with Gasteiger partial charge < -0.3 is 18.9 Å². The number of hydrogen-bond donors (Lipinski definition) is 0. The van der Waals surface area contributed by atoms with Gasteiger partial charge in [0.1, 0.15) is 12.4 Å². The fourth-order valence-electron chi connectivity index (χ4n) is 4.14. The third-order valence-electron chi connectivity index (χ3n) is 5.46. The highest BCUT2D eigenvalue weighted by atomic mass is 16.7. The van der Waals surface area contributed by atoms with Crippen LogP contribution in [0.2, 0.25) is 0 Å². The first kappa shape index (κ1) is 21.7. The average molecular weight is 405 g/mol. The van der Waals surface area contributed by atoms with E-state index in [1.165, 1.54) is 0 Å². The number of carbonyl (C=O) groups is 2. The molecular weight excluding hydrogens is 374 g/mol. The zero-order valence-electron chi connectivity index (χ0n) is 17.2. The Kier molecular flexibility index (Phi) is 8.03. The van der Waals surface area contributed by atoms with Gasteiger partial charge in [-0.25, -0.2) is 4.79 Å². The minimum atomic E-state index is -0.498. The summed E-state index contributed by atoms with van der Waals surface area (Å²) in [6.45, 7) is 5.88. The van der Waals surface area contributed by atoms with Crippen LogP contribution >= 0.6 is 0 Å². The van der Waals surface area contributed by atoms with E-state index in [-0.39, 0.29) is 42.9 Å². The molecule has 1 aromatic rings. The Morgan fingerprint density at radius 1 is 1.07 bits per heavy atom. The van der Waals surface area contributed by atoms with Gasteiger partial charge in [0.05, 0.1) is 31.7 Å². The van der Waals surface area contributed by atoms with Crippen LogP contribution in [-0.4, -0.2) is 61.6 Å². The van der Waals surface area contributed by atoms with E-state index in [2.05, 4.69) is 0 Å². The fourth-order valence-corrected chi connectivity index (χ4v) is 4.14. The Bertz CT molecular complexity index is 647. The molecule has 0 radical (unpaired) electrons. The lowest BCUT2D eigenvalue weighted by Crippen LogP contribution is -2.60. The van der Waals surface area contributed by atoms with Crippen LogP contribution in [0.4, 0.5) is 4.79 Å². The van der Waals surface area contributed by atoms with Gasteiger partial charge >= 0.3 is 6.09 Å². The maximum atomic E-state index is 12.8. The number of fused-ring (bicyclic) bond motifs is 2. The molecule has 3 rings (SSSR count). The topological polar surface area (TPSA) is 74.3 Å². The second-order valence-electron chi connectivity index (χ2n) is 7.47. The summed E-state index contributed by atoms with van der Waals surface area (Å²) in [4.78, 5) is 27.4. The number of benzene rings is 1. The predicted octanol–water partition coefficient (Wildman–Crippen LogP) is 3.16. The van der Waals surface area contributed by atoms with Crippen LogP contribution in [0, 0.1) is 5.92 Å². The van der Waals surface area contributed by atoms with Gasteiger partial charge in [0.2, 0.25) is 0 Å². The largest absolute Gasteiger partial charge is 0.445 e. The van der Waals surface area contributed by atoms with E-state index in [0.29, 0.717) is 39.3 Å². The molecule has 0 aliphatic carbocycles. The van der Waals surface area contributed by atoms with Crippen LogP contribution in [-0.2, 0) is 30.3 Å². The third-order valence-corrected chi connectivity index (χ3v) is 5.46. The van der Waals surface area contributed by atoms with Crippen molar-refractivity contribution in [3.8, 4) is 0 Å². The first-order valence-electron chi connectivity index (χ1n) is 10.4. The number of morpholine rings is 1. The zero-order valence-corrected chi connectivity index (χ0v) is 17.2. The van der Waals surface area contributed by atoms with Crippen LogP contribution in [0.3, 0.4) is 0 Å². The second kappa shape index (κ2) is 10.7. The highest BCUT2D eigenvalue weighted by Crippen LogP contribution is 2.33. The number of carbonyl (C=O) groups excluding carboxylic acids is 2. The van der Waals surface area contributed by atoms with Crippen molar-refractivity contribution < 1.29 is 28.5 Å². The number of amides is 1. The molecule has 2 aliphatic heterocycles. The number of rotatable bonds is 9. The van der Waals surface area contributed by atoms with E-state index >= 15 is 0 Å². The summed E-state index contributed by atoms with van der Waals surface area (Å²) >= 11 is 0. The average Bonchev–Trinajstić information content (AvgIpc) is 2.72. The molecule has 2 heterocycles. The SMILES string of the molecule is CCOC(CC(=O)C1CC2COCC(C1)N2C(=O)OCc1ccccc1)OCC. The number of piperidine rings is 1. The number of nitrogens with zero attached hydrogens (tertiary/aromatic N) is 1. The standard InChI is InChI=1S/C22H31NO6/c1-3-27-21(28-4-2)12-20(24)17-10-18-14-26-15-19(11-17)23(18)22(25)29-13-16-8-6-5-7-9-16/h5-9,17-19,21H,3-4,10-15H2,1-2H3. The molecule has 2 saturated heterocycles. The molecule has 2 fully saturated rings. The smallest absolute Gasteiger partial charge is 0.410 e. The molecule has 1 amide bonds. The molecule has 2 atom stereocenters. The molecule has 0 spiro atoms. The summed E-state index contributed by atoms with van der Waals surface area (Å²) in [5.74, 6) is 0.0154. The molecule has 1 aromatic carbocycles. The van der Waals surface area contributed by atoms with Crippen molar-refractivity contribution >= 4 is 11.9 Å². The number of Topliss-reactive ketones (excluding diaryl/α,β-unsaturated/α-hetero) is 1. The maximum absolute atomic E-state index is 12.8. The quantitative estimate of drug-likeness (QED) is 0.588. The molecule has 7 heteroatoms. The normalized spacial score (nSPS) is 23.8. The van der Waals surface area contributed by atoms with Crippen molar-refractivity contribution in [1.29, 1.82) is 0 Å². The second-order valence-corrected chi connectivity index (χ2v) is 7.47.